The number of rotatable bonds is 3. The molecule has 0 aliphatic carbocycles. The normalized spacial score (nSPS) is 17.6. The van der Waals surface area contributed by atoms with E-state index >= 15 is 0 Å². The Morgan fingerprint density at radius 2 is 2.21 bits per heavy atom. The maximum Gasteiger partial charge on any atom is 0.254 e. The summed E-state index contributed by atoms with van der Waals surface area (Å²) in [5.74, 6) is -0.159. The van der Waals surface area contributed by atoms with Gasteiger partial charge in [-0.15, -0.1) is 0 Å². The van der Waals surface area contributed by atoms with E-state index in [0.29, 0.717) is 36.8 Å². The number of nitrogens with one attached hydrogen (secondary N) is 1. The van der Waals surface area contributed by atoms with E-state index in [1.807, 2.05) is 0 Å². The SMILES string of the molecule is CNc1nccnc1[C@H]1CN(C(=O)c2ccc(F)c(Cl)c2)CCO1. The summed E-state index contributed by atoms with van der Waals surface area (Å²) in [5, 5.41) is 2.89. The topological polar surface area (TPSA) is 67.4 Å². The number of morpholine rings is 1. The molecule has 0 radical (unpaired) electrons. The maximum absolute atomic E-state index is 13.3. The molecule has 24 heavy (non-hydrogen) atoms. The first-order valence-corrected chi connectivity index (χ1v) is 7.82. The average Bonchev–Trinajstić information content (AvgIpc) is 2.63. The maximum atomic E-state index is 13.3. The van der Waals surface area contributed by atoms with Crippen LogP contribution in [0.4, 0.5) is 10.2 Å². The Balaban J connectivity index is 1.80. The molecule has 1 saturated heterocycles. The molecule has 1 N–H and O–H groups in total. The average molecular weight is 351 g/mol. The van der Waals surface area contributed by atoms with E-state index in [4.69, 9.17) is 16.3 Å². The number of halogens is 2. The molecule has 0 bridgehead atoms. The van der Waals surface area contributed by atoms with Gasteiger partial charge in [-0.25, -0.2) is 9.37 Å². The van der Waals surface area contributed by atoms with Gasteiger partial charge in [0, 0.05) is 31.5 Å². The van der Waals surface area contributed by atoms with Crippen molar-refractivity contribution in [1.29, 1.82) is 0 Å². The zero-order valence-electron chi connectivity index (χ0n) is 13.0. The van der Waals surface area contributed by atoms with Gasteiger partial charge in [0.25, 0.3) is 5.91 Å². The highest BCUT2D eigenvalue weighted by Gasteiger charge is 2.29. The standard InChI is InChI=1S/C16H16ClFN4O2/c1-19-15-14(20-4-5-21-15)13-9-22(6-7-24-13)16(23)10-2-3-12(18)11(17)8-10/h2-5,8,13H,6-7,9H2,1H3,(H,19,21)/t13-/m1/s1. The molecule has 0 unspecified atom stereocenters. The number of hydrogen-bond acceptors (Lipinski definition) is 5. The molecule has 126 valence electrons. The zero-order valence-corrected chi connectivity index (χ0v) is 13.8. The lowest BCUT2D eigenvalue weighted by Crippen LogP contribution is -2.42. The van der Waals surface area contributed by atoms with E-state index in [1.54, 1.807) is 24.3 Å². The summed E-state index contributed by atoms with van der Waals surface area (Å²) >= 11 is 5.76. The summed E-state index contributed by atoms with van der Waals surface area (Å²) in [6.07, 6.45) is 2.79. The van der Waals surface area contributed by atoms with Crippen molar-refractivity contribution in [2.24, 2.45) is 0 Å². The third kappa shape index (κ3) is 3.32. The van der Waals surface area contributed by atoms with Crippen LogP contribution < -0.4 is 5.32 Å². The number of nitrogens with zero attached hydrogens (tertiary/aromatic N) is 3. The molecule has 1 aromatic heterocycles. The molecule has 2 aromatic rings. The Bertz CT molecular complexity index is 759. The van der Waals surface area contributed by atoms with E-state index in [0.717, 1.165) is 0 Å². The second kappa shape index (κ2) is 7.11. The molecule has 1 aromatic carbocycles. The van der Waals surface area contributed by atoms with Crippen molar-refractivity contribution in [2.45, 2.75) is 6.10 Å². The monoisotopic (exact) mass is 350 g/mol. The van der Waals surface area contributed by atoms with Gasteiger partial charge in [0.2, 0.25) is 0 Å². The van der Waals surface area contributed by atoms with Gasteiger partial charge < -0.3 is 15.0 Å². The van der Waals surface area contributed by atoms with Gasteiger partial charge in [0.15, 0.2) is 0 Å². The minimum Gasteiger partial charge on any atom is -0.372 e. The fourth-order valence-corrected chi connectivity index (χ4v) is 2.77. The molecule has 1 fully saturated rings. The molecule has 1 amide bonds. The molecular formula is C16H16ClFN4O2. The number of amides is 1. The predicted octanol–water partition coefficient (Wildman–Crippen LogP) is 2.52. The quantitative estimate of drug-likeness (QED) is 0.921. The van der Waals surface area contributed by atoms with Crippen LogP contribution in [-0.4, -0.2) is 47.5 Å². The number of benzene rings is 1. The Labute approximate surface area is 143 Å². The summed E-state index contributed by atoms with van der Waals surface area (Å²) in [6.45, 7) is 1.16. The molecule has 0 spiro atoms. The van der Waals surface area contributed by atoms with Gasteiger partial charge in [-0.1, -0.05) is 11.6 Å². The lowest BCUT2D eigenvalue weighted by atomic mass is 10.1. The van der Waals surface area contributed by atoms with E-state index in [-0.39, 0.29) is 17.0 Å². The second-order valence-electron chi connectivity index (χ2n) is 5.28. The molecule has 3 rings (SSSR count). The van der Waals surface area contributed by atoms with Gasteiger partial charge in [-0.05, 0) is 18.2 Å². The van der Waals surface area contributed by atoms with Crippen LogP contribution in [0.2, 0.25) is 5.02 Å². The highest BCUT2D eigenvalue weighted by molar-refractivity contribution is 6.31. The fraction of sp³-hybridized carbons (Fsp3) is 0.312. The number of carbonyl (C=O) groups excluding carboxylic acids is 1. The highest BCUT2D eigenvalue weighted by atomic mass is 35.5. The largest absolute Gasteiger partial charge is 0.372 e. The second-order valence-corrected chi connectivity index (χ2v) is 5.69. The highest BCUT2D eigenvalue weighted by Crippen LogP contribution is 2.26. The number of ether oxygens (including phenoxy) is 1. The molecular weight excluding hydrogens is 335 g/mol. The molecule has 8 heteroatoms. The minimum atomic E-state index is -0.550. The van der Waals surface area contributed by atoms with Gasteiger partial charge in [0.1, 0.15) is 23.4 Å². The van der Waals surface area contributed by atoms with Crippen molar-refractivity contribution in [3.05, 3.63) is 52.7 Å². The van der Waals surface area contributed by atoms with Crippen molar-refractivity contribution in [1.82, 2.24) is 14.9 Å². The third-order valence-corrected chi connectivity index (χ3v) is 4.08. The van der Waals surface area contributed by atoms with Crippen molar-refractivity contribution >= 4 is 23.3 Å². The predicted molar refractivity (Wildman–Crippen MR) is 87.6 cm³/mol. The lowest BCUT2D eigenvalue weighted by Gasteiger charge is -2.33. The number of hydrogen-bond donors (Lipinski definition) is 1. The smallest absolute Gasteiger partial charge is 0.254 e. The third-order valence-electron chi connectivity index (χ3n) is 3.79. The van der Waals surface area contributed by atoms with Crippen LogP contribution in [0.25, 0.3) is 0 Å². The van der Waals surface area contributed by atoms with Crippen molar-refractivity contribution in [3.8, 4) is 0 Å². The molecule has 6 nitrogen and oxygen atoms in total. The fourth-order valence-electron chi connectivity index (χ4n) is 2.59. The van der Waals surface area contributed by atoms with Crippen LogP contribution in [0.3, 0.4) is 0 Å². The summed E-state index contributed by atoms with van der Waals surface area (Å²) in [4.78, 5) is 22.8. The van der Waals surface area contributed by atoms with Crippen LogP contribution in [0.1, 0.15) is 22.2 Å². The van der Waals surface area contributed by atoms with Gasteiger partial charge in [-0.2, -0.15) is 0 Å². The van der Waals surface area contributed by atoms with E-state index in [2.05, 4.69) is 15.3 Å². The van der Waals surface area contributed by atoms with Crippen LogP contribution in [0.5, 0.6) is 0 Å². The summed E-state index contributed by atoms with van der Waals surface area (Å²) < 4.78 is 19.0. The Morgan fingerprint density at radius 1 is 1.42 bits per heavy atom. The number of anilines is 1. The van der Waals surface area contributed by atoms with Crippen LogP contribution in [0, 0.1) is 5.82 Å². The van der Waals surface area contributed by atoms with Gasteiger partial charge in [-0.3, -0.25) is 9.78 Å². The molecule has 1 aliphatic rings. The molecule has 1 atom stereocenters. The van der Waals surface area contributed by atoms with Crippen LogP contribution in [-0.2, 0) is 4.74 Å². The van der Waals surface area contributed by atoms with Crippen molar-refractivity contribution in [2.75, 3.05) is 32.1 Å². The van der Waals surface area contributed by atoms with Gasteiger partial charge in [0.05, 0.1) is 18.2 Å². The first-order valence-electron chi connectivity index (χ1n) is 7.44. The first-order chi connectivity index (χ1) is 11.6. The summed E-state index contributed by atoms with van der Waals surface area (Å²) in [5.41, 5.74) is 0.990. The van der Waals surface area contributed by atoms with E-state index < -0.39 is 5.82 Å². The van der Waals surface area contributed by atoms with Crippen molar-refractivity contribution < 1.29 is 13.9 Å². The zero-order chi connectivity index (χ0) is 17.1. The Kier molecular flexibility index (Phi) is 4.92. The minimum absolute atomic E-state index is 0.0722. The van der Waals surface area contributed by atoms with E-state index in [1.165, 1.54) is 18.2 Å². The molecule has 2 heterocycles. The Morgan fingerprint density at radius 3 is 2.96 bits per heavy atom. The van der Waals surface area contributed by atoms with Crippen LogP contribution in [0.15, 0.2) is 30.6 Å². The summed E-state index contributed by atoms with van der Waals surface area (Å²) in [7, 11) is 1.75. The summed E-state index contributed by atoms with van der Waals surface area (Å²) in [6, 6.07) is 3.95. The Hall–Kier alpha value is -2.25. The van der Waals surface area contributed by atoms with E-state index in [9.17, 15) is 9.18 Å². The van der Waals surface area contributed by atoms with Gasteiger partial charge >= 0.3 is 0 Å². The number of aromatic nitrogens is 2. The van der Waals surface area contributed by atoms with Crippen molar-refractivity contribution in [3.63, 3.8) is 0 Å². The lowest BCUT2D eigenvalue weighted by molar-refractivity contribution is -0.0245. The molecule has 0 saturated carbocycles. The van der Waals surface area contributed by atoms with Crippen LogP contribution >= 0.6 is 11.6 Å². The number of carbonyl (C=O) groups is 1. The molecule has 1 aliphatic heterocycles. The first kappa shape index (κ1) is 16.6.